The van der Waals surface area contributed by atoms with Crippen molar-refractivity contribution in [3.63, 3.8) is 0 Å². The second-order valence-electron chi connectivity index (χ2n) is 4.38. The second kappa shape index (κ2) is 5.95. The summed E-state index contributed by atoms with van der Waals surface area (Å²) in [5, 5.41) is 0. The Morgan fingerprint density at radius 2 is 0.889 bits per heavy atom. The quantitative estimate of drug-likeness (QED) is 0.318. The number of halogens is 6. The molecule has 0 amide bonds. The molecule has 0 saturated carbocycles. The van der Waals surface area contributed by atoms with Gasteiger partial charge in [0.15, 0.2) is 0 Å². The molecule has 18 heavy (non-hydrogen) atoms. The van der Waals surface area contributed by atoms with Crippen LogP contribution in [0.3, 0.4) is 0 Å². The average molecular weight is 303 g/mol. The number of hydrogen-bond donors (Lipinski definition) is 0. The molecule has 116 valence electrons. The Hall–Kier alpha value is -0.0300. The summed E-state index contributed by atoms with van der Waals surface area (Å²) in [6.45, 7) is 14.5. The van der Waals surface area contributed by atoms with E-state index in [2.05, 4.69) is 27.7 Å². The van der Waals surface area contributed by atoms with E-state index in [-0.39, 0.29) is 0 Å². The summed E-state index contributed by atoms with van der Waals surface area (Å²) in [6.07, 6.45) is 2.64. The van der Waals surface area contributed by atoms with Crippen LogP contribution in [0.25, 0.3) is 0 Å². The van der Waals surface area contributed by atoms with Crippen LogP contribution < -0.4 is 0 Å². The van der Waals surface area contributed by atoms with Crippen molar-refractivity contribution in [2.24, 2.45) is 0 Å². The summed E-state index contributed by atoms with van der Waals surface area (Å²) in [6, 6.07) is 0. The van der Waals surface area contributed by atoms with Crippen molar-refractivity contribution in [3.05, 3.63) is 0 Å². The van der Waals surface area contributed by atoms with Crippen molar-refractivity contribution >= 4 is 7.81 Å². The van der Waals surface area contributed by atoms with Gasteiger partial charge >= 0.3 is 33.0 Å². The molecule has 0 spiro atoms. The number of hydrogen-bond acceptors (Lipinski definition) is 0. The molecule has 0 aromatic heterocycles. The van der Waals surface area contributed by atoms with E-state index in [0.29, 0.717) is 0 Å². The molecule has 0 aromatic rings. The predicted molar refractivity (Wildman–Crippen MR) is 65.2 cm³/mol. The Morgan fingerprint density at radius 1 is 0.667 bits per heavy atom. The van der Waals surface area contributed by atoms with Gasteiger partial charge in [0, 0.05) is 0 Å². The first-order valence-corrected chi connectivity index (χ1v) is 8.14. The van der Waals surface area contributed by atoms with Gasteiger partial charge in [-0.2, -0.15) is 0 Å². The zero-order valence-electron chi connectivity index (χ0n) is 11.4. The van der Waals surface area contributed by atoms with Crippen LogP contribution >= 0.6 is 7.81 Å². The molecule has 0 aliphatic rings. The van der Waals surface area contributed by atoms with Gasteiger partial charge in [-0.15, -0.1) is 0 Å². The number of quaternary nitrogens is 1. The van der Waals surface area contributed by atoms with Gasteiger partial charge in [0.25, 0.3) is 0 Å². The molecule has 0 rings (SSSR count). The first kappa shape index (κ1) is 20.3. The third kappa shape index (κ3) is 18.3. The van der Waals surface area contributed by atoms with E-state index in [9.17, 15) is 25.2 Å². The molecular weight excluding hydrogens is 279 g/mol. The van der Waals surface area contributed by atoms with Gasteiger partial charge in [-0.25, -0.2) is 0 Å². The van der Waals surface area contributed by atoms with E-state index < -0.39 is 7.81 Å². The molecule has 1 nitrogen and oxygen atoms in total. The Bertz CT molecular complexity index is 210. The summed E-state index contributed by atoms with van der Waals surface area (Å²) in [5.41, 5.74) is 0. The van der Waals surface area contributed by atoms with Crippen LogP contribution in [-0.4, -0.2) is 30.7 Å². The fourth-order valence-electron chi connectivity index (χ4n) is 1.92. The van der Waals surface area contributed by atoms with Crippen molar-refractivity contribution in [2.45, 2.75) is 40.5 Å². The van der Waals surface area contributed by atoms with Gasteiger partial charge < -0.3 is 4.48 Å². The number of nitrogens with zero attached hydrogens (tertiary/aromatic N) is 1. The minimum atomic E-state index is -10.7. The normalized spacial score (nSPS) is 16.3. The molecule has 8 heteroatoms. The summed E-state index contributed by atoms with van der Waals surface area (Å²) in [5.74, 6) is 0. The van der Waals surface area contributed by atoms with Gasteiger partial charge in [-0.05, 0) is 26.7 Å². The molecule has 0 unspecified atom stereocenters. The number of rotatable bonds is 6. The maximum atomic E-state index is 9.87. The van der Waals surface area contributed by atoms with E-state index >= 15 is 0 Å². The van der Waals surface area contributed by atoms with E-state index in [4.69, 9.17) is 0 Å². The fraction of sp³-hybridized carbons (Fsp3) is 1.00. The molecule has 0 aromatic carbocycles. The molecule has 0 fully saturated rings. The van der Waals surface area contributed by atoms with E-state index in [1.807, 2.05) is 0 Å². The van der Waals surface area contributed by atoms with Crippen LogP contribution in [0.2, 0.25) is 0 Å². The molecule has 0 heterocycles. The standard InChI is InChI=1S/C10H24N.F6P/c1-5-9-11(7-3,8-4)10-6-2;1-7(2,3,4,5)6/h5-10H2,1-4H3;/q+1;-1. The van der Waals surface area contributed by atoms with Crippen molar-refractivity contribution in [2.75, 3.05) is 26.2 Å². The van der Waals surface area contributed by atoms with Crippen LogP contribution in [0.15, 0.2) is 0 Å². The van der Waals surface area contributed by atoms with Crippen LogP contribution in [0, 0.1) is 0 Å². The van der Waals surface area contributed by atoms with Gasteiger partial charge in [0.05, 0.1) is 26.2 Å². The summed E-state index contributed by atoms with van der Waals surface area (Å²) >= 11 is 0. The Morgan fingerprint density at radius 3 is 1.00 bits per heavy atom. The minimum absolute atomic E-state index is 1.30. The van der Waals surface area contributed by atoms with Crippen LogP contribution in [0.5, 0.6) is 0 Å². The molecule has 0 aliphatic heterocycles. The monoisotopic (exact) mass is 303 g/mol. The van der Waals surface area contributed by atoms with Crippen molar-refractivity contribution in [3.8, 4) is 0 Å². The molecule has 0 bridgehead atoms. The zero-order valence-corrected chi connectivity index (χ0v) is 12.3. The first-order chi connectivity index (χ1) is 7.69. The predicted octanol–water partition coefficient (Wildman–Crippen LogP) is 6.05. The molecule has 0 radical (unpaired) electrons. The average Bonchev–Trinajstić information content (AvgIpc) is 2.12. The van der Waals surface area contributed by atoms with Crippen LogP contribution in [0.1, 0.15) is 40.5 Å². The molecule has 0 N–H and O–H groups in total. The third-order valence-corrected chi connectivity index (χ3v) is 2.74. The Kier molecular flexibility index (Phi) is 6.71. The van der Waals surface area contributed by atoms with E-state index in [0.717, 1.165) is 0 Å². The van der Waals surface area contributed by atoms with E-state index in [1.165, 1.54) is 43.5 Å². The topological polar surface area (TPSA) is 0 Å². The summed E-state index contributed by atoms with van der Waals surface area (Å²) < 4.78 is 60.5. The Labute approximate surface area is 105 Å². The molecule has 0 saturated heterocycles. The van der Waals surface area contributed by atoms with Gasteiger partial charge in [-0.3, -0.25) is 0 Å². The Balaban J connectivity index is 0. The summed E-state index contributed by atoms with van der Waals surface area (Å²) in [7, 11) is -10.7. The van der Waals surface area contributed by atoms with Crippen LogP contribution in [0.4, 0.5) is 25.2 Å². The van der Waals surface area contributed by atoms with Crippen molar-refractivity contribution in [1.82, 2.24) is 0 Å². The zero-order chi connectivity index (χ0) is 15.2. The van der Waals surface area contributed by atoms with Crippen LogP contribution in [-0.2, 0) is 0 Å². The maximum absolute atomic E-state index is 10.7. The van der Waals surface area contributed by atoms with Gasteiger partial charge in [-0.1, -0.05) is 13.8 Å². The molecule has 0 aliphatic carbocycles. The summed E-state index contributed by atoms with van der Waals surface area (Å²) in [4.78, 5) is 0. The first-order valence-electron chi connectivity index (χ1n) is 6.11. The third-order valence-electron chi connectivity index (χ3n) is 2.74. The molecular formula is C10H24F6NP. The van der Waals surface area contributed by atoms with Crippen molar-refractivity contribution < 1.29 is 29.7 Å². The van der Waals surface area contributed by atoms with Gasteiger partial charge in [0.1, 0.15) is 0 Å². The molecule has 0 atom stereocenters. The van der Waals surface area contributed by atoms with Crippen molar-refractivity contribution in [1.29, 1.82) is 0 Å². The van der Waals surface area contributed by atoms with E-state index in [1.54, 1.807) is 0 Å². The SMILES string of the molecule is CCC[N+](CC)(CC)CCC.F[P-](F)(F)(F)(F)F. The van der Waals surface area contributed by atoms with Gasteiger partial charge in [0.2, 0.25) is 0 Å². The fourth-order valence-corrected chi connectivity index (χ4v) is 1.92. The second-order valence-corrected chi connectivity index (χ2v) is 6.30.